The summed E-state index contributed by atoms with van der Waals surface area (Å²) < 4.78 is 8.04. The molecule has 4 rings (SSSR count). The van der Waals surface area contributed by atoms with Crippen LogP contribution >= 0.6 is 0 Å². The van der Waals surface area contributed by atoms with Gasteiger partial charge < -0.3 is 14.5 Å². The Kier molecular flexibility index (Phi) is 5.77. The summed E-state index contributed by atoms with van der Waals surface area (Å²) in [6.45, 7) is 11.1. The number of carbonyl (C=O) groups excluding carboxylic acids is 1. The second-order valence-corrected chi connectivity index (χ2v) is 8.20. The maximum Gasteiger partial charge on any atom is 0.219 e. The average molecular weight is 407 g/mol. The van der Waals surface area contributed by atoms with Crippen molar-refractivity contribution in [2.24, 2.45) is 0 Å². The number of rotatable bonds is 5. The second kappa shape index (κ2) is 8.48. The number of hydrogen-bond donors (Lipinski definition) is 0. The van der Waals surface area contributed by atoms with Gasteiger partial charge in [0.2, 0.25) is 5.91 Å². The Labute approximate surface area is 178 Å². The highest BCUT2D eigenvalue weighted by atomic mass is 16.5. The Bertz CT molecular complexity index is 1030. The van der Waals surface area contributed by atoms with Crippen molar-refractivity contribution >= 4 is 22.6 Å². The van der Waals surface area contributed by atoms with Gasteiger partial charge in [-0.15, -0.1) is 0 Å². The van der Waals surface area contributed by atoms with Crippen molar-refractivity contribution in [2.45, 2.75) is 39.9 Å². The zero-order valence-corrected chi connectivity index (χ0v) is 18.2. The predicted molar refractivity (Wildman–Crippen MR) is 120 cm³/mol. The molecular formula is C24H30N4O2. The largest absolute Gasteiger partial charge is 0.371 e. The van der Waals surface area contributed by atoms with Gasteiger partial charge in [0.15, 0.2) is 0 Å². The number of benzene rings is 2. The van der Waals surface area contributed by atoms with E-state index in [1.165, 1.54) is 5.69 Å². The van der Waals surface area contributed by atoms with Gasteiger partial charge in [-0.05, 0) is 56.7 Å². The summed E-state index contributed by atoms with van der Waals surface area (Å²) in [6.07, 6.45) is 2.11. The van der Waals surface area contributed by atoms with Crippen LogP contribution in [-0.4, -0.2) is 52.6 Å². The van der Waals surface area contributed by atoms with E-state index in [0.717, 1.165) is 48.5 Å². The molecule has 0 N–H and O–H groups in total. The molecule has 0 saturated carbocycles. The van der Waals surface area contributed by atoms with E-state index in [1.807, 2.05) is 11.2 Å². The van der Waals surface area contributed by atoms with Gasteiger partial charge in [0, 0.05) is 44.5 Å². The molecule has 158 valence electrons. The molecule has 3 aromatic rings. The first kappa shape index (κ1) is 20.4. The van der Waals surface area contributed by atoms with E-state index in [-0.39, 0.29) is 18.1 Å². The molecule has 1 saturated heterocycles. The molecule has 2 heterocycles. The lowest BCUT2D eigenvalue weighted by atomic mass is 10.1. The van der Waals surface area contributed by atoms with Crippen LogP contribution in [0.1, 0.15) is 39.4 Å². The van der Waals surface area contributed by atoms with Gasteiger partial charge in [0.05, 0.1) is 23.2 Å². The van der Waals surface area contributed by atoms with Crippen molar-refractivity contribution in [1.82, 2.24) is 14.5 Å². The molecule has 0 bridgehead atoms. The topological polar surface area (TPSA) is 50.6 Å². The van der Waals surface area contributed by atoms with Crippen molar-refractivity contribution in [1.29, 1.82) is 0 Å². The highest BCUT2D eigenvalue weighted by Crippen LogP contribution is 2.26. The molecule has 1 atom stereocenters. The molecule has 0 radical (unpaired) electrons. The van der Waals surface area contributed by atoms with Crippen LogP contribution in [0.15, 0.2) is 48.8 Å². The minimum absolute atomic E-state index is 0.0385. The fraction of sp³-hybridized carbons (Fsp3) is 0.417. The van der Waals surface area contributed by atoms with Crippen LogP contribution in [0.4, 0.5) is 5.69 Å². The Balaban J connectivity index is 1.57. The third-order valence-corrected chi connectivity index (χ3v) is 5.72. The van der Waals surface area contributed by atoms with Crippen LogP contribution < -0.4 is 4.90 Å². The number of imidazole rings is 1. The van der Waals surface area contributed by atoms with Crippen LogP contribution in [0.3, 0.4) is 0 Å². The Morgan fingerprint density at radius 2 is 1.73 bits per heavy atom. The van der Waals surface area contributed by atoms with Crippen molar-refractivity contribution in [3.63, 3.8) is 0 Å². The molecule has 1 aliphatic rings. The van der Waals surface area contributed by atoms with Crippen LogP contribution in [0, 0.1) is 0 Å². The van der Waals surface area contributed by atoms with Gasteiger partial charge in [-0.1, -0.05) is 12.1 Å². The van der Waals surface area contributed by atoms with E-state index in [9.17, 15) is 4.79 Å². The zero-order chi connectivity index (χ0) is 21.3. The van der Waals surface area contributed by atoms with Gasteiger partial charge in [-0.25, -0.2) is 4.98 Å². The second-order valence-electron chi connectivity index (χ2n) is 8.20. The standard InChI is InChI=1S/C24H30N4O2/c1-17(2)30-18(3)20-8-9-24-23(14-20)25-16-28(24)22-7-5-6-21(15-22)27-12-10-26(11-13-27)19(4)29/h5-9,14-18H,10-13H2,1-4H3. The first-order chi connectivity index (χ1) is 14.4. The van der Waals surface area contributed by atoms with Gasteiger partial charge >= 0.3 is 0 Å². The molecule has 1 fully saturated rings. The number of carbonyl (C=O) groups is 1. The highest BCUT2D eigenvalue weighted by Gasteiger charge is 2.19. The van der Waals surface area contributed by atoms with Gasteiger partial charge in [-0.3, -0.25) is 9.36 Å². The first-order valence-corrected chi connectivity index (χ1v) is 10.7. The van der Waals surface area contributed by atoms with Crippen LogP contribution in [0.2, 0.25) is 0 Å². The van der Waals surface area contributed by atoms with E-state index >= 15 is 0 Å². The number of aromatic nitrogens is 2. The van der Waals surface area contributed by atoms with Gasteiger partial charge in [0.25, 0.3) is 0 Å². The number of anilines is 1. The van der Waals surface area contributed by atoms with E-state index in [1.54, 1.807) is 6.92 Å². The lowest BCUT2D eigenvalue weighted by molar-refractivity contribution is -0.129. The fourth-order valence-corrected chi connectivity index (χ4v) is 4.09. The zero-order valence-electron chi connectivity index (χ0n) is 18.2. The molecule has 1 unspecified atom stereocenters. The summed E-state index contributed by atoms with van der Waals surface area (Å²) in [7, 11) is 0. The lowest BCUT2D eigenvalue weighted by Gasteiger charge is -2.35. The monoisotopic (exact) mass is 406 g/mol. The molecule has 1 aromatic heterocycles. The Morgan fingerprint density at radius 1 is 1.00 bits per heavy atom. The van der Waals surface area contributed by atoms with Crippen molar-refractivity contribution < 1.29 is 9.53 Å². The number of piperazine rings is 1. The molecule has 30 heavy (non-hydrogen) atoms. The van der Waals surface area contributed by atoms with Gasteiger partial charge in [0.1, 0.15) is 6.33 Å². The van der Waals surface area contributed by atoms with E-state index in [2.05, 4.69) is 77.7 Å². The van der Waals surface area contributed by atoms with E-state index < -0.39 is 0 Å². The normalized spacial score (nSPS) is 15.8. The summed E-state index contributed by atoms with van der Waals surface area (Å²) in [5, 5.41) is 0. The maximum absolute atomic E-state index is 11.6. The van der Waals surface area contributed by atoms with Crippen LogP contribution in [-0.2, 0) is 9.53 Å². The molecule has 1 aliphatic heterocycles. The summed E-state index contributed by atoms with van der Waals surface area (Å²) in [5.41, 5.74) is 5.44. The maximum atomic E-state index is 11.6. The van der Waals surface area contributed by atoms with Crippen LogP contribution in [0.5, 0.6) is 0 Å². The summed E-state index contributed by atoms with van der Waals surface area (Å²) in [5.74, 6) is 0.153. The number of amides is 1. The smallest absolute Gasteiger partial charge is 0.219 e. The number of nitrogens with zero attached hydrogens (tertiary/aromatic N) is 4. The minimum atomic E-state index is 0.0385. The third kappa shape index (κ3) is 4.19. The highest BCUT2D eigenvalue weighted by molar-refractivity contribution is 5.78. The molecule has 2 aromatic carbocycles. The third-order valence-electron chi connectivity index (χ3n) is 5.72. The van der Waals surface area contributed by atoms with Crippen LogP contribution in [0.25, 0.3) is 16.7 Å². The molecule has 0 spiro atoms. The summed E-state index contributed by atoms with van der Waals surface area (Å²) in [6, 6.07) is 14.9. The summed E-state index contributed by atoms with van der Waals surface area (Å²) in [4.78, 5) is 20.5. The van der Waals surface area contributed by atoms with Crippen molar-refractivity contribution in [2.75, 3.05) is 31.1 Å². The molecular weight excluding hydrogens is 376 g/mol. The molecule has 1 amide bonds. The molecule has 0 aliphatic carbocycles. The average Bonchev–Trinajstić information content (AvgIpc) is 3.16. The van der Waals surface area contributed by atoms with Crippen molar-refractivity contribution in [3.05, 3.63) is 54.4 Å². The Morgan fingerprint density at radius 3 is 2.43 bits per heavy atom. The van der Waals surface area contributed by atoms with Gasteiger partial charge in [-0.2, -0.15) is 0 Å². The summed E-state index contributed by atoms with van der Waals surface area (Å²) >= 11 is 0. The Hall–Kier alpha value is -2.86. The number of ether oxygens (including phenoxy) is 1. The minimum Gasteiger partial charge on any atom is -0.371 e. The predicted octanol–water partition coefficient (Wildman–Crippen LogP) is 4.18. The fourth-order valence-electron chi connectivity index (χ4n) is 4.09. The molecule has 6 nitrogen and oxygen atoms in total. The first-order valence-electron chi connectivity index (χ1n) is 10.7. The lowest BCUT2D eigenvalue weighted by Crippen LogP contribution is -2.48. The quantitative estimate of drug-likeness (QED) is 0.638. The SMILES string of the molecule is CC(=O)N1CCN(c2cccc(-n3cnc4cc(C(C)OC(C)C)ccc43)c2)CC1. The van der Waals surface area contributed by atoms with E-state index in [4.69, 9.17) is 4.74 Å². The number of hydrogen-bond acceptors (Lipinski definition) is 4. The molecule has 6 heteroatoms. The van der Waals surface area contributed by atoms with Crippen molar-refractivity contribution in [3.8, 4) is 5.69 Å². The van der Waals surface area contributed by atoms with E-state index in [0.29, 0.717) is 0 Å². The number of fused-ring (bicyclic) bond motifs is 1.